The van der Waals surface area contributed by atoms with Gasteiger partial charge in [-0.25, -0.2) is 9.37 Å². The van der Waals surface area contributed by atoms with E-state index in [4.69, 9.17) is 20.3 Å². The van der Waals surface area contributed by atoms with Crippen molar-refractivity contribution in [1.29, 1.82) is 0 Å². The highest BCUT2D eigenvalue weighted by Crippen LogP contribution is 2.40. The number of alkyl halides is 3. The minimum absolute atomic E-state index is 0.00880. The lowest BCUT2D eigenvalue weighted by Crippen LogP contribution is -2.51. The molecule has 1 fully saturated rings. The van der Waals surface area contributed by atoms with Crippen LogP contribution in [0.2, 0.25) is 0 Å². The number of nitrogens with one attached hydrogen (secondary N) is 1. The maximum Gasteiger partial charge on any atom is 0.424 e. The summed E-state index contributed by atoms with van der Waals surface area (Å²) in [5.41, 5.74) is 1.17. The number of aliphatic hydroxyl groups excluding tert-OH is 1. The van der Waals surface area contributed by atoms with Crippen LogP contribution in [0.3, 0.4) is 0 Å². The summed E-state index contributed by atoms with van der Waals surface area (Å²) in [6, 6.07) is 11.6. The monoisotopic (exact) mass is 577 g/mol. The van der Waals surface area contributed by atoms with E-state index in [0.717, 1.165) is 31.0 Å². The molecule has 1 amide bonds. The number of hydrogen-bond donors (Lipinski definition) is 4. The molecular formula is C29H31F4N3O5. The molecule has 12 heteroatoms. The van der Waals surface area contributed by atoms with Crippen molar-refractivity contribution in [2.24, 2.45) is 5.73 Å². The molecule has 0 saturated heterocycles. The van der Waals surface area contributed by atoms with Crippen LogP contribution in [0.1, 0.15) is 48.3 Å². The molecule has 1 atom stereocenters. The molecule has 0 bridgehead atoms. The molecule has 220 valence electrons. The second kappa shape index (κ2) is 11.6. The van der Waals surface area contributed by atoms with E-state index in [2.05, 4.69) is 10.3 Å². The molecule has 2 aromatic carbocycles. The lowest BCUT2D eigenvalue weighted by Gasteiger charge is -2.32. The molecule has 1 saturated carbocycles. The number of nitrogens with zero attached hydrogens (tertiary/aromatic N) is 1. The largest absolute Gasteiger partial charge is 0.487 e. The second-order valence-corrected chi connectivity index (χ2v) is 10.4. The van der Waals surface area contributed by atoms with Gasteiger partial charge in [-0.1, -0.05) is 0 Å². The van der Waals surface area contributed by atoms with Crippen molar-refractivity contribution in [2.75, 3.05) is 19.8 Å². The summed E-state index contributed by atoms with van der Waals surface area (Å²) < 4.78 is 68.0. The van der Waals surface area contributed by atoms with E-state index in [1.807, 2.05) is 0 Å². The summed E-state index contributed by atoms with van der Waals surface area (Å²) in [6.07, 6.45) is -3.54. The number of rotatable bonds is 11. The number of benzene rings is 2. The van der Waals surface area contributed by atoms with E-state index in [0.29, 0.717) is 11.3 Å². The van der Waals surface area contributed by atoms with Crippen molar-refractivity contribution < 1.29 is 42.0 Å². The smallest absolute Gasteiger partial charge is 0.424 e. The molecule has 1 aromatic heterocycles. The highest BCUT2D eigenvalue weighted by atomic mass is 19.4. The number of pyridine rings is 1. The first-order valence-electron chi connectivity index (χ1n) is 12.9. The molecule has 0 aliphatic heterocycles. The van der Waals surface area contributed by atoms with E-state index in [1.54, 1.807) is 13.8 Å². The van der Waals surface area contributed by atoms with E-state index in [1.165, 1.54) is 36.4 Å². The third-order valence-electron chi connectivity index (χ3n) is 6.48. The number of ether oxygens (including phenoxy) is 2. The molecule has 41 heavy (non-hydrogen) atoms. The Morgan fingerprint density at radius 3 is 2.34 bits per heavy atom. The summed E-state index contributed by atoms with van der Waals surface area (Å²) in [5.74, 6) is -0.986. The number of nitrogens with two attached hydrogens (primary N) is 1. The van der Waals surface area contributed by atoms with Gasteiger partial charge < -0.3 is 30.7 Å². The van der Waals surface area contributed by atoms with Gasteiger partial charge in [0.05, 0.1) is 30.6 Å². The highest BCUT2D eigenvalue weighted by molar-refractivity contribution is 5.95. The summed E-state index contributed by atoms with van der Waals surface area (Å²) in [6.45, 7) is 1.48. The van der Waals surface area contributed by atoms with Crippen LogP contribution in [-0.2, 0) is 11.1 Å². The van der Waals surface area contributed by atoms with Crippen LogP contribution < -0.4 is 20.5 Å². The molecule has 0 spiro atoms. The Bertz CT molecular complexity index is 1390. The highest BCUT2D eigenvalue weighted by Gasteiger charge is 2.56. The summed E-state index contributed by atoms with van der Waals surface area (Å²) in [4.78, 5) is 17.0. The van der Waals surface area contributed by atoms with Crippen LogP contribution in [0, 0.1) is 5.82 Å². The zero-order valence-electron chi connectivity index (χ0n) is 22.5. The first-order chi connectivity index (χ1) is 19.2. The van der Waals surface area contributed by atoms with Crippen LogP contribution in [0.25, 0.3) is 11.3 Å². The van der Waals surface area contributed by atoms with Crippen LogP contribution in [-0.4, -0.2) is 53.1 Å². The quantitative estimate of drug-likeness (QED) is 0.252. The Morgan fingerprint density at radius 1 is 1.07 bits per heavy atom. The van der Waals surface area contributed by atoms with E-state index in [9.17, 15) is 27.5 Å². The molecule has 1 aliphatic rings. The van der Waals surface area contributed by atoms with Gasteiger partial charge in [-0.05, 0) is 86.8 Å². The van der Waals surface area contributed by atoms with Gasteiger partial charge in [0.1, 0.15) is 12.4 Å². The number of carbonyl (C=O) groups is 1. The third kappa shape index (κ3) is 7.13. The Hall–Kier alpha value is -3.74. The lowest BCUT2D eigenvalue weighted by molar-refractivity contribution is -0.265. The van der Waals surface area contributed by atoms with Crippen molar-refractivity contribution in [3.05, 3.63) is 77.2 Å². The van der Waals surface area contributed by atoms with Gasteiger partial charge in [0.25, 0.3) is 5.91 Å². The van der Waals surface area contributed by atoms with Crippen LogP contribution in [0.4, 0.5) is 17.6 Å². The van der Waals surface area contributed by atoms with Crippen molar-refractivity contribution in [3.63, 3.8) is 0 Å². The molecule has 1 heterocycles. The van der Waals surface area contributed by atoms with Gasteiger partial charge in [0.2, 0.25) is 5.60 Å². The van der Waals surface area contributed by atoms with Crippen LogP contribution in [0.15, 0.2) is 54.6 Å². The van der Waals surface area contributed by atoms with Crippen LogP contribution >= 0.6 is 0 Å². The van der Waals surface area contributed by atoms with Gasteiger partial charge >= 0.3 is 6.18 Å². The number of aliphatic hydroxyl groups is 2. The zero-order chi connectivity index (χ0) is 30.0. The van der Waals surface area contributed by atoms with Crippen molar-refractivity contribution in [1.82, 2.24) is 10.3 Å². The number of halogens is 4. The summed E-state index contributed by atoms with van der Waals surface area (Å²) in [5, 5.41) is 22.3. The van der Waals surface area contributed by atoms with E-state index < -0.39 is 41.3 Å². The van der Waals surface area contributed by atoms with Crippen molar-refractivity contribution in [3.8, 4) is 22.8 Å². The van der Waals surface area contributed by atoms with Crippen LogP contribution in [0.5, 0.6) is 11.5 Å². The molecule has 0 unspecified atom stereocenters. The predicted octanol–water partition coefficient (Wildman–Crippen LogP) is 4.17. The Labute approximate surface area is 234 Å². The second-order valence-electron chi connectivity index (χ2n) is 10.4. The first-order valence-corrected chi connectivity index (χ1v) is 12.9. The molecule has 0 radical (unpaired) electrons. The average Bonchev–Trinajstić information content (AvgIpc) is 3.74. The number of carbonyl (C=O) groups excluding carboxylic acids is 1. The summed E-state index contributed by atoms with van der Waals surface area (Å²) in [7, 11) is 0. The SMILES string of the molecule is CC(C)(N)c1cc(-c2ccc(F)cc2)nc([C@](O)(CNC(=O)c2ccc(OC3CC3)c(OCCO)c2)C(F)(F)F)c1. The van der Waals surface area contributed by atoms with E-state index in [-0.39, 0.29) is 41.9 Å². The van der Waals surface area contributed by atoms with Crippen molar-refractivity contribution in [2.45, 2.75) is 50.1 Å². The Kier molecular flexibility index (Phi) is 8.57. The fourth-order valence-corrected chi connectivity index (χ4v) is 3.91. The Balaban J connectivity index is 1.66. The molecular weight excluding hydrogens is 546 g/mol. The predicted molar refractivity (Wildman–Crippen MR) is 142 cm³/mol. The van der Waals surface area contributed by atoms with E-state index >= 15 is 0 Å². The fourth-order valence-electron chi connectivity index (χ4n) is 3.91. The van der Waals surface area contributed by atoms with Gasteiger partial charge in [0.15, 0.2) is 11.5 Å². The minimum Gasteiger partial charge on any atom is -0.487 e. The lowest BCUT2D eigenvalue weighted by atomic mass is 9.89. The van der Waals surface area contributed by atoms with Gasteiger partial charge in [0, 0.05) is 16.7 Å². The molecule has 1 aliphatic carbocycles. The van der Waals surface area contributed by atoms with Gasteiger partial charge in [-0.15, -0.1) is 0 Å². The number of aromatic nitrogens is 1. The van der Waals surface area contributed by atoms with Gasteiger partial charge in [-0.3, -0.25) is 4.79 Å². The Morgan fingerprint density at radius 2 is 1.76 bits per heavy atom. The average molecular weight is 578 g/mol. The zero-order valence-corrected chi connectivity index (χ0v) is 22.5. The molecule has 3 aromatic rings. The molecule has 5 N–H and O–H groups in total. The molecule has 8 nitrogen and oxygen atoms in total. The maximum atomic E-state index is 14.5. The normalized spacial score (nSPS) is 15.2. The summed E-state index contributed by atoms with van der Waals surface area (Å²) >= 11 is 0. The minimum atomic E-state index is -5.26. The van der Waals surface area contributed by atoms with Gasteiger partial charge in [-0.2, -0.15) is 13.2 Å². The first kappa shape index (κ1) is 30.2. The topological polar surface area (TPSA) is 127 Å². The molecule has 4 rings (SSSR count). The third-order valence-corrected chi connectivity index (χ3v) is 6.48. The number of amides is 1. The fraction of sp³-hybridized carbons (Fsp3) is 0.379. The number of hydrogen-bond acceptors (Lipinski definition) is 7. The van der Waals surface area contributed by atoms with Crippen molar-refractivity contribution >= 4 is 5.91 Å². The maximum absolute atomic E-state index is 14.5. The standard InChI is InChI=1S/C29H31F4N3O5/c1-27(2,34)19-14-22(17-3-6-20(30)7-4-17)36-25(15-19)28(39,29(31,32)33)16-35-26(38)18-5-10-23(41-21-8-9-21)24(13-18)40-12-11-37/h3-7,10,13-15,21,37,39H,8-9,11-12,16,34H2,1-2H3,(H,35,38)/t28-/m1/s1.